The summed E-state index contributed by atoms with van der Waals surface area (Å²) in [4.78, 5) is 16.4. The van der Waals surface area contributed by atoms with Gasteiger partial charge in [0.05, 0.1) is 13.2 Å². The number of amides is 1. The number of fused-ring (bicyclic) bond motifs is 2. The Morgan fingerprint density at radius 2 is 1.94 bits per heavy atom. The van der Waals surface area contributed by atoms with Crippen LogP contribution in [-0.4, -0.2) is 67.4 Å². The van der Waals surface area contributed by atoms with Crippen molar-refractivity contribution >= 4 is 6.09 Å². The number of likely N-dealkylation sites (tertiary alicyclic amines) is 1. The van der Waals surface area contributed by atoms with Gasteiger partial charge in [-0.3, -0.25) is 4.90 Å². The summed E-state index contributed by atoms with van der Waals surface area (Å²) in [6, 6.07) is 0.710. The van der Waals surface area contributed by atoms with E-state index in [0.29, 0.717) is 25.3 Å². The molecule has 5 nitrogen and oxygen atoms in total. The van der Waals surface area contributed by atoms with E-state index in [4.69, 9.17) is 9.47 Å². The van der Waals surface area contributed by atoms with E-state index < -0.39 is 0 Å². The first-order valence-electron chi connectivity index (χ1n) is 6.49. The number of carbonyl (C=O) groups excluding carboxylic acids is 1. The molecule has 3 aliphatic rings. The van der Waals surface area contributed by atoms with E-state index in [-0.39, 0.29) is 12.2 Å². The molecule has 1 amide bonds. The van der Waals surface area contributed by atoms with Crippen molar-refractivity contribution in [1.82, 2.24) is 9.80 Å². The summed E-state index contributed by atoms with van der Waals surface area (Å²) in [6.45, 7) is 3.24. The Morgan fingerprint density at radius 3 is 2.53 bits per heavy atom. The van der Waals surface area contributed by atoms with Gasteiger partial charge in [-0.15, -0.1) is 0 Å². The molecule has 3 saturated heterocycles. The normalized spacial score (nSPS) is 37.5. The highest BCUT2D eigenvalue weighted by Gasteiger charge is 2.43. The molecule has 3 fully saturated rings. The van der Waals surface area contributed by atoms with Crippen LogP contribution in [0.3, 0.4) is 0 Å². The Bertz CT molecular complexity index is 290. The van der Waals surface area contributed by atoms with Gasteiger partial charge in [0.25, 0.3) is 0 Å². The molecule has 96 valence electrons. The van der Waals surface area contributed by atoms with Gasteiger partial charge in [-0.2, -0.15) is 0 Å². The predicted octanol–water partition coefficient (Wildman–Crippen LogP) is 0.690. The highest BCUT2D eigenvalue weighted by atomic mass is 16.6. The van der Waals surface area contributed by atoms with Crippen molar-refractivity contribution in [3.63, 3.8) is 0 Å². The molecule has 0 N–H and O–H groups in total. The van der Waals surface area contributed by atoms with Gasteiger partial charge in [0, 0.05) is 31.6 Å². The third-order valence-corrected chi connectivity index (χ3v) is 4.03. The van der Waals surface area contributed by atoms with Crippen molar-refractivity contribution in [1.29, 1.82) is 0 Å². The number of rotatable bonds is 1. The quantitative estimate of drug-likeness (QED) is 0.676. The largest absolute Gasteiger partial charge is 0.444 e. The van der Waals surface area contributed by atoms with Crippen LogP contribution < -0.4 is 0 Å². The lowest BCUT2D eigenvalue weighted by Crippen LogP contribution is -2.55. The van der Waals surface area contributed by atoms with Crippen LogP contribution in [0.5, 0.6) is 0 Å². The maximum absolute atomic E-state index is 12.2. The summed E-state index contributed by atoms with van der Waals surface area (Å²) >= 11 is 0. The predicted molar refractivity (Wildman–Crippen MR) is 61.9 cm³/mol. The number of carbonyl (C=O) groups is 1. The standard InChI is InChI=1S/C12H20N2O3/c1-13-6-9-2-3-10(7-13)14(9)12(15)17-11-4-5-16-8-11/h9-11H,2-8H2,1H3. The molecule has 3 unspecified atom stereocenters. The summed E-state index contributed by atoms with van der Waals surface area (Å²) < 4.78 is 10.7. The Morgan fingerprint density at radius 1 is 1.24 bits per heavy atom. The van der Waals surface area contributed by atoms with E-state index in [0.717, 1.165) is 32.4 Å². The molecule has 2 bridgehead atoms. The van der Waals surface area contributed by atoms with Crippen molar-refractivity contribution in [2.75, 3.05) is 33.4 Å². The zero-order valence-corrected chi connectivity index (χ0v) is 10.3. The van der Waals surface area contributed by atoms with Crippen LogP contribution in [0.1, 0.15) is 19.3 Å². The third kappa shape index (κ3) is 2.13. The van der Waals surface area contributed by atoms with Crippen LogP contribution >= 0.6 is 0 Å². The highest BCUT2D eigenvalue weighted by molar-refractivity contribution is 5.69. The molecule has 0 saturated carbocycles. The fourth-order valence-corrected chi connectivity index (χ4v) is 3.22. The Labute approximate surface area is 102 Å². The number of nitrogens with zero attached hydrogens (tertiary/aromatic N) is 2. The van der Waals surface area contributed by atoms with E-state index in [1.165, 1.54) is 0 Å². The smallest absolute Gasteiger partial charge is 0.410 e. The second kappa shape index (κ2) is 4.46. The van der Waals surface area contributed by atoms with Gasteiger partial charge in [-0.25, -0.2) is 4.79 Å². The average Bonchev–Trinajstić information content (AvgIpc) is 2.86. The lowest BCUT2D eigenvalue weighted by atomic mass is 10.2. The third-order valence-electron chi connectivity index (χ3n) is 4.03. The number of piperazine rings is 1. The van der Waals surface area contributed by atoms with Crippen LogP contribution in [0.25, 0.3) is 0 Å². The van der Waals surface area contributed by atoms with Crippen molar-refractivity contribution in [3.8, 4) is 0 Å². The lowest BCUT2D eigenvalue weighted by Gasteiger charge is -2.39. The zero-order chi connectivity index (χ0) is 11.8. The fraction of sp³-hybridized carbons (Fsp3) is 0.917. The Hall–Kier alpha value is -0.810. The van der Waals surface area contributed by atoms with Crippen molar-refractivity contribution < 1.29 is 14.3 Å². The van der Waals surface area contributed by atoms with E-state index in [1.807, 2.05) is 4.90 Å². The molecule has 3 heterocycles. The monoisotopic (exact) mass is 240 g/mol. The van der Waals surface area contributed by atoms with Crippen LogP contribution in [0, 0.1) is 0 Å². The summed E-state index contributed by atoms with van der Waals surface area (Å²) in [5.74, 6) is 0. The maximum Gasteiger partial charge on any atom is 0.410 e. The second-order valence-electron chi connectivity index (χ2n) is 5.38. The van der Waals surface area contributed by atoms with Crippen LogP contribution in [0.15, 0.2) is 0 Å². The molecule has 0 aromatic heterocycles. The minimum Gasteiger partial charge on any atom is -0.444 e. The van der Waals surface area contributed by atoms with E-state index >= 15 is 0 Å². The molecule has 0 aromatic carbocycles. The summed E-state index contributed by atoms with van der Waals surface area (Å²) in [7, 11) is 2.12. The van der Waals surface area contributed by atoms with Crippen LogP contribution in [-0.2, 0) is 9.47 Å². The van der Waals surface area contributed by atoms with Gasteiger partial charge < -0.3 is 14.4 Å². The molecule has 3 aliphatic heterocycles. The number of likely N-dealkylation sites (N-methyl/N-ethyl adjacent to an activating group) is 1. The van der Waals surface area contributed by atoms with Crippen molar-refractivity contribution in [2.24, 2.45) is 0 Å². The number of hydrogen-bond acceptors (Lipinski definition) is 4. The van der Waals surface area contributed by atoms with Crippen molar-refractivity contribution in [3.05, 3.63) is 0 Å². The molecule has 5 heteroatoms. The summed E-state index contributed by atoms with van der Waals surface area (Å²) in [6.07, 6.45) is 2.92. The van der Waals surface area contributed by atoms with Gasteiger partial charge in [0.2, 0.25) is 0 Å². The van der Waals surface area contributed by atoms with Gasteiger partial charge in [-0.1, -0.05) is 0 Å². The van der Waals surface area contributed by atoms with Crippen LogP contribution in [0.4, 0.5) is 4.79 Å². The maximum atomic E-state index is 12.2. The highest BCUT2D eigenvalue weighted by Crippen LogP contribution is 2.30. The molecular weight excluding hydrogens is 220 g/mol. The van der Waals surface area contributed by atoms with Gasteiger partial charge >= 0.3 is 6.09 Å². The molecule has 0 aromatic rings. The average molecular weight is 240 g/mol. The van der Waals surface area contributed by atoms with E-state index in [1.54, 1.807) is 0 Å². The Kier molecular flexibility index (Phi) is 2.96. The fourth-order valence-electron chi connectivity index (χ4n) is 3.22. The topological polar surface area (TPSA) is 42.0 Å². The minimum absolute atomic E-state index is 0.0263. The summed E-state index contributed by atoms with van der Waals surface area (Å²) in [5, 5.41) is 0. The van der Waals surface area contributed by atoms with Gasteiger partial charge in [-0.05, 0) is 19.9 Å². The summed E-state index contributed by atoms with van der Waals surface area (Å²) in [5.41, 5.74) is 0. The second-order valence-corrected chi connectivity index (χ2v) is 5.38. The lowest BCUT2D eigenvalue weighted by molar-refractivity contribution is 0.0217. The molecule has 3 rings (SSSR count). The minimum atomic E-state index is -0.124. The molecular formula is C12H20N2O3. The van der Waals surface area contributed by atoms with E-state index in [2.05, 4.69) is 11.9 Å². The zero-order valence-electron chi connectivity index (χ0n) is 10.3. The molecule has 0 aliphatic carbocycles. The molecule has 17 heavy (non-hydrogen) atoms. The SMILES string of the molecule is CN1CC2CCC(C1)N2C(=O)OC1CCOC1. The molecule has 0 radical (unpaired) electrons. The first-order chi connectivity index (χ1) is 8.24. The molecule has 3 atom stereocenters. The number of hydrogen-bond donors (Lipinski definition) is 0. The van der Waals surface area contributed by atoms with Crippen LogP contribution in [0.2, 0.25) is 0 Å². The Balaban J connectivity index is 1.62. The molecule has 0 spiro atoms. The van der Waals surface area contributed by atoms with E-state index in [9.17, 15) is 4.79 Å². The first kappa shape index (κ1) is 11.3. The van der Waals surface area contributed by atoms with Gasteiger partial charge in [0.15, 0.2) is 0 Å². The van der Waals surface area contributed by atoms with Crippen molar-refractivity contribution in [2.45, 2.75) is 37.5 Å². The number of ether oxygens (including phenoxy) is 2. The van der Waals surface area contributed by atoms with Gasteiger partial charge in [0.1, 0.15) is 6.10 Å². The first-order valence-corrected chi connectivity index (χ1v) is 6.49.